The van der Waals surface area contributed by atoms with Gasteiger partial charge >= 0.3 is 0 Å². The zero-order valence-corrected chi connectivity index (χ0v) is 15.8. The van der Waals surface area contributed by atoms with Crippen LogP contribution in [0.25, 0.3) is 0 Å². The second-order valence-electron chi connectivity index (χ2n) is 5.97. The Morgan fingerprint density at radius 2 is 1.85 bits per heavy atom. The maximum absolute atomic E-state index is 12.2. The van der Waals surface area contributed by atoms with Gasteiger partial charge in [0.25, 0.3) is 0 Å². The first-order chi connectivity index (χ1) is 12.6. The lowest BCUT2D eigenvalue weighted by atomic mass is 10.2. The fourth-order valence-corrected chi connectivity index (χ4v) is 3.16. The summed E-state index contributed by atoms with van der Waals surface area (Å²) >= 11 is 12.0. The molecule has 2 N–H and O–H groups in total. The Bertz CT molecular complexity index is 764. The van der Waals surface area contributed by atoms with E-state index in [0.29, 0.717) is 28.7 Å². The van der Waals surface area contributed by atoms with Crippen LogP contribution in [0.5, 0.6) is 0 Å². The van der Waals surface area contributed by atoms with Crippen molar-refractivity contribution in [2.75, 3.05) is 48.4 Å². The molecule has 26 heavy (non-hydrogen) atoms. The average molecular weight is 394 g/mol. The van der Waals surface area contributed by atoms with E-state index in [0.717, 1.165) is 37.7 Å². The van der Waals surface area contributed by atoms with Crippen LogP contribution in [0.2, 0.25) is 10.0 Å². The number of carbonyl (C=O) groups is 1. The van der Waals surface area contributed by atoms with Crippen LogP contribution in [-0.2, 0) is 9.53 Å². The lowest BCUT2D eigenvalue weighted by molar-refractivity contribution is -0.115. The van der Waals surface area contributed by atoms with Crippen molar-refractivity contribution in [3.63, 3.8) is 0 Å². The third-order valence-corrected chi connectivity index (χ3v) is 4.69. The van der Waals surface area contributed by atoms with Gasteiger partial charge in [0.05, 0.1) is 35.3 Å². The SMILES string of the molecule is O=C(CCNc1ccccc1N1CCOCC1)Nc1cc(Cl)ccc1Cl. The minimum Gasteiger partial charge on any atom is -0.383 e. The second-order valence-corrected chi connectivity index (χ2v) is 6.81. The Hall–Kier alpha value is -1.95. The average Bonchev–Trinajstić information content (AvgIpc) is 2.66. The highest BCUT2D eigenvalue weighted by Crippen LogP contribution is 2.27. The maximum Gasteiger partial charge on any atom is 0.226 e. The molecule has 1 heterocycles. The van der Waals surface area contributed by atoms with E-state index in [1.54, 1.807) is 18.2 Å². The van der Waals surface area contributed by atoms with Gasteiger partial charge in [-0.2, -0.15) is 0 Å². The number of amides is 1. The topological polar surface area (TPSA) is 53.6 Å². The van der Waals surface area contributed by atoms with E-state index in [2.05, 4.69) is 21.6 Å². The van der Waals surface area contributed by atoms with E-state index in [9.17, 15) is 4.79 Å². The Morgan fingerprint density at radius 3 is 2.65 bits per heavy atom. The van der Waals surface area contributed by atoms with E-state index in [-0.39, 0.29) is 5.91 Å². The van der Waals surface area contributed by atoms with Crippen molar-refractivity contribution in [3.05, 3.63) is 52.5 Å². The summed E-state index contributed by atoms with van der Waals surface area (Å²) in [5.74, 6) is -0.120. The summed E-state index contributed by atoms with van der Waals surface area (Å²) in [5, 5.41) is 7.14. The van der Waals surface area contributed by atoms with Gasteiger partial charge in [0.1, 0.15) is 0 Å². The number of ether oxygens (including phenoxy) is 1. The van der Waals surface area contributed by atoms with Gasteiger partial charge in [0.15, 0.2) is 0 Å². The molecule has 1 amide bonds. The van der Waals surface area contributed by atoms with E-state index >= 15 is 0 Å². The first kappa shape index (κ1) is 18.8. The maximum atomic E-state index is 12.2. The van der Waals surface area contributed by atoms with Gasteiger partial charge in [-0.15, -0.1) is 0 Å². The molecule has 0 radical (unpaired) electrons. The van der Waals surface area contributed by atoms with Gasteiger partial charge in [0, 0.05) is 31.1 Å². The predicted molar refractivity (Wildman–Crippen MR) is 108 cm³/mol. The predicted octanol–water partition coefficient (Wildman–Crippen LogP) is 4.27. The molecule has 1 fully saturated rings. The van der Waals surface area contributed by atoms with Crippen LogP contribution in [0.3, 0.4) is 0 Å². The van der Waals surface area contributed by atoms with Crippen molar-refractivity contribution in [2.24, 2.45) is 0 Å². The number of hydrogen-bond donors (Lipinski definition) is 2. The van der Waals surface area contributed by atoms with Crippen LogP contribution >= 0.6 is 23.2 Å². The first-order valence-corrected chi connectivity index (χ1v) is 9.29. The minimum atomic E-state index is -0.120. The Labute approximate surface area is 163 Å². The molecular weight excluding hydrogens is 373 g/mol. The van der Waals surface area contributed by atoms with Crippen LogP contribution in [0.4, 0.5) is 17.1 Å². The minimum absolute atomic E-state index is 0.120. The molecule has 2 aromatic carbocycles. The molecule has 7 heteroatoms. The first-order valence-electron chi connectivity index (χ1n) is 8.54. The molecule has 1 aliphatic heterocycles. The summed E-state index contributed by atoms with van der Waals surface area (Å²) in [5.41, 5.74) is 2.68. The van der Waals surface area contributed by atoms with Crippen LogP contribution in [0, 0.1) is 0 Å². The van der Waals surface area contributed by atoms with Crippen LogP contribution in [0.15, 0.2) is 42.5 Å². The summed E-state index contributed by atoms with van der Waals surface area (Å²) in [4.78, 5) is 14.5. The number of anilines is 3. The Kier molecular flexibility index (Phi) is 6.61. The van der Waals surface area contributed by atoms with Gasteiger partial charge in [-0.05, 0) is 30.3 Å². The lowest BCUT2D eigenvalue weighted by Crippen LogP contribution is -2.36. The van der Waals surface area contributed by atoms with Crippen LogP contribution in [0.1, 0.15) is 6.42 Å². The standard InChI is InChI=1S/C19H21Cl2N3O2/c20-14-5-6-15(21)17(13-14)23-19(25)7-8-22-16-3-1-2-4-18(16)24-9-11-26-12-10-24/h1-6,13,22H,7-12H2,(H,23,25). The normalized spacial score (nSPS) is 14.2. The number of benzene rings is 2. The highest BCUT2D eigenvalue weighted by atomic mass is 35.5. The molecule has 1 saturated heterocycles. The quantitative estimate of drug-likeness (QED) is 0.769. The zero-order valence-electron chi connectivity index (χ0n) is 14.3. The zero-order chi connectivity index (χ0) is 18.4. The number of morpholine rings is 1. The van der Waals surface area contributed by atoms with Gasteiger partial charge in [-0.1, -0.05) is 35.3 Å². The van der Waals surface area contributed by atoms with E-state index < -0.39 is 0 Å². The third kappa shape index (κ3) is 5.04. The molecule has 138 valence electrons. The van der Waals surface area contributed by atoms with Crippen molar-refractivity contribution < 1.29 is 9.53 Å². The van der Waals surface area contributed by atoms with Crippen LogP contribution in [-0.4, -0.2) is 38.8 Å². The monoisotopic (exact) mass is 393 g/mol. The fraction of sp³-hybridized carbons (Fsp3) is 0.316. The highest BCUT2D eigenvalue weighted by molar-refractivity contribution is 6.35. The van der Waals surface area contributed by atoms with Gasteiger partial charge in [0.2, 0.25) is 5.91 Å². The second kappa shape index (κ2) is 9.12. The number of nitrogens with zero attached hydrogens (tertiary/aromatic N) is 1. The largest absolute Gasteiger partial charge is 0.383 e. The highest BCUT2D eigenvalue weighted by Gasteiger charge is 2.14. The molecule has 1 aliphatic rings. The van der Waals surface area contributed by atoms with Crippen LogP contribution < -0.4 is 15.5 Å². The van der Waals surface area contributed by atoms with E-state index in [1.807, 2.05) is 18.2 Å². The molecule has 0 aliphatic carbocycles. The molecule has 0 aromatic heterocycles. The molecule has 0 spiro atoms. The van der Waals surface area contributed by atoms with Gasteiger partial charge < -0.3 is 20.3 Å². The summed E-state index contributed by atoms with van der Waals surface area (Å²) in [6.07, 6.45) is 0.320. The smallest absolute Gasteiger partial charge is 0.226 e. The van der Waals surface area contributed by atoms with Gasteiger partial charge in [-0.3, -0.25) is 4.79 Å². The van der Waals surface area contributed by atoms with Crippen molar-refractivity contribution in [3.8, 4) is 0 Å². The number of hydrogen-bond acceptors (Lipinski definition) is 4. The van der Waals surface area contributed by atoms with Crippen molar-refractivity contribution >= 4 is 46.2 Å². The number of nitrogens with one attached hydrogen (secondary N) is 2. The Balaban J connectivity index is 1.55. The number of carbonyl (C=O) groups excluding carboxylic acids is 1. The van der Waals surface area contributed by atoms with E-state index in [4.69, 9.17) is 27.9 Å². The fourth-order valence-electron chi connectivity index (χ4n) is 2.82. The molecule has 0 unspecified atom stereocenters. The summed E-state index contributed by atoms with van der Waals surface area (Å²) in [6, 6.07) is 13.1. The lowest BCUT2D eigenvalue weighted by Gasteiger charge is -2.30. The third-order valence-electron chi connectivity index (χ3n) is 4.13. The summed E-state index contributed by atoms with van der Waals surface area (Å²) in [7, 11) is 0. The van der Waals surface area contributed by atoms with Crippen molar-refractivity contribution in [1.29, 1.82) is 0 Å². The molecule has 0 bridgehead atoms. The molecular formula is C19H21Cl2N3O2. The van der Waals surface area contributed by atoms with Gasteiger partial charge in [-0.25, -0.2) is 0 Å². The molecule has 0 atom stereocenters. The number of halogens is 2. The summed E-state index contributed by atoms with van der Waals surface area (Å²) < 4.78 is 5.41. The Morgan fingerprint density at radius 1 is 1.08 bits per heavy atom. The molecule has 3 rings (SSSR count). The number of rotatable bonds is 6. The van der Waals surface area contributed by atoms with Crippen molar-refractivity contribution in [1.82, 2.24) is 0 Å². The number of para-hydroxylation sites is 2. The molecule has 2 aromatic rings. The molecule has 0 saturated carbocycles. The summed E-state index contributed by atoms with van der Waals surface area (Å²) in [6.45, 7) is 3.72. The van der Waals surface area contributed by atoms with E-state index in [1.165, 1.54) is 0 Å². The van der Waals surface area contributed by atoms with Crippen molar-refractivity contribution in [2.45, 2.75) is 6.42 Å². The molecule has 5 nitrogen and oxygen atoms in total.